The molecule has 0 bridgehead atoms. The van der Waals surface area contributed by atoms with Crippen LogP contribution in [0.4, 0.5) is 11.5 Å². The first kappa shape index (κ1) is 21.3. The Labute approximate surface area is 192 Å². The van der Waals surface area contributed by atoms with E-state index >= 15 is 0 Å². The fourth-order valence-electron chi connectivity index (χ4n) is 2.88. The van der Waals surface area contributed by atoms with Crippen molar-refractivity contribution in [2.24, 2.45) is 0 Å². The van der Waals surface area contributed by atoms with Crippen LogP contribution in [0.15, 0.2) is 76.9 Å². The number of hydrogen-bond donors (Lipinski definition) is 1. The smallest absolute Gasteiger partial charge is 0.316 e. The van der Waals surface area contributed by atoms with Crippen LogP contribution in [0.2, 0.25) is 10.0 Å². The highest BCUT2D eigenvalue weighted by atomic mass is 35.5. The van der Waals surface area contributed by atoms with Crippen LogP contribution in [0.25, 0.3) is 0 Å². The number of rotatable bonds is 7. The molecule has 0 fully saturated rings. The molecule has 2 heterocycles. The first-order valence-electron chi connectivity index (χ1n) is 9.17. The van der Waals surface area contributed by atoms with Gasteiger partial charge in [-0.2, -0.15) is 4.68 Å². The Hall–Kier alpha value is -2.94. The van der Waals surface area contributed by atoms with Gasteiger partial charge in [-0.25, -0.2) is 0 Å². The number of methoxy groups -OCH3 is 1. The average molecular weight is 474 g/mol. The highest BCUT2D eigenvalue weighted by Crippen LogP contribution is 2.28. The molecule has 4 rings (SSSR count). The van der Waals surface area contributed by atoms with Crippen LogP contribution in [0.1, 0.15) is 5.56 Å². The lowest BCUT2D eigenvalue weighted by molar-refractivity contribution is 0.411. The Kier molecular flexibility index (Phi) is 6.50. The first-order valence-corrected chi connectivity index (χ1v) is 10.9. The van der Waals surface area contributed by atoms with E-state index in [1.54, 1.807) is 42.4 Å². The zero-order chi connectivity index (χ0) is 21.8. The number of ether oxygens (including phenoxy) is 1. The summed E-state index contributed by atoms with van der Waals surface area (Å²) in [6.45, 7) is 0. The second-order valence-electron chi connectivity index (χ2n) is 6.36. The molecule has 0 saturated carbocycles. The molecule has 0 amide bonds. The summed E-state index contributed by atoms with van der Waals surface area (Å²) in [5, 5.41) is 12.7. The van der Waals surface area contributed by atoms with Crippen LogP contribution in [0.3, 0.4) is 0 Å². The van der Waals surface area contributed by atoms with Gasteiger partial charge in [0.15, 0.2) is 0 Å². The van der Waals surface area contributed by atoms with Crippen LogP contribution in [-0.2, 0) is 5.75 Å². The van der Waals surface area contributed by atoms with Crippen LogP contribution in [0.5, 0.6) is 5.75 Å². The molecule has 2 aromatic heterocycles. The predicted molar refractivity (Wildman–Crippen MR) is 124 cm³/mol. The minimum Gasteiger partial charge on any atom is -0.496 e. The lowest BCUT2D eigenvalue weighted by Crippen LogP contribution is -2.30. The summed E-state index contributed by atoms with van der Waals surface area (Å²) in [5.74, 6) is 1.35. The van der Waals surface area contributed by atoms with Gasteiger partial charge in [-0.15, -0.1) is 10.2 Å². The zero-order valence-electron chi connectivity index (χ0n) is 16.3. The number of hydrogen-bond acceptors (Lipinski definition) is 6. The molecule has 0 aliphatic rings. The number of thioether (sulfide) groups is 1. The molecule has 0 saturated heterocycles. The molecule has 0 atom stereocenters. The Bertz CT molecular complexity index is 1260. The Morgan fingerprint density at radius 3 is 2.61 bits per heavy atom. The Morgan fingerprint density at radius 1 is 1.06 bits per heavy atom. The summed E-state index contributed by atoms with van der Waals surface area (Å²) in [7, 11) is 1.63. The largest absolute Gasteiger partial charge is 0.496 e. The van der Waals surface area contributed by atoms with Crippen molar-refractivity contribution < 1.29 is 4.74 Å². The normalized spacial score (nSPS) is 10.8. The third-order valence-electron chi connectivity index (χ3n) is 4.36. The minimum atomic E-state index is -0.384. The third-order valence-corrected chi connectivity index (χ3v) is 5.89. The average Bonchev–Trinajstić information content (AvgIpc) is 3.31. The van der Waals surface area contributed by atoms with Crippen molar-refractivity contribution in [3.05, 3.63) is 93.0 Å². The Morgan fingerprint density at radius 2 is 1.84 bits per heavy atom. The van der Waals surface area contributed by atoms with Gasteiger partial charge >= 0.3 is 5.56 Å². The molecule has 1 N–H and O–H groups in total. The van der Waals surface area contributed by atoms with E-state index in [1.807, 2.05) is 36.4 Å². The molecule has 0 spiro atoms. The molecule has 0 aliphatic heterocycles. The summed E-state index contributed by atoms with van der Waals surface area (Å²) in [6.07, 6.45) is 3.51. The fraction of sp³-hybridized carbons (Fsp3) is 0.0952. The second-order valence-corrected chi connectivity index (χ2v) is 8.15. The number of aromatic nitrogens is 4. The van der Waals surface area contributed by atoms with Gasteiger partial charge in [0.25, 0.3) is 0 Å². The first-order chi connectivity index (χ1) is 15.1. The van der Waals surface area contributed by atoms with E-state index in [2.05, 4.69) is 15.5 Å². The van der Waals surface area contributed by atoms with Crippen LogP contribution >= 0.6 is 35.0 Å². The van der Waals surface area contributed by atoms with Crippen molar-refractivity contribution in [3.8, 4) is 5.75 Å². The minimum absolute atomic E-state index is 0.0273. The number of nitrogens with zero attached hydrogens (tertiary/aromatic N) is 4. The van der Waals surface area contributed by atoms with Crippen molar-refractivity contribution in [1.29, 1.82) is 0 Å². The number of benzene rings is 2. The predicted octanol–water partition coefficient (Wildman–Crippen LogP) is 5.10. The monoisotopic (exact) mass is 473 g/mol. The molecule has 7 nitrogen and oxygen atoms in total. The number of anilines is 2. The topological polar surface area (TPSA) is 74.0 Å². The quantitative estimate of drug-likeness (QED) is 0.376. The van der Waals surface area contributed by atoms with E-state index in [0.717, 1.165) is 11.3 Å². The maximum Gasteiger partial charge on any atom is 0.316 e. The number of halogens is 2. The van der Waals surface area contributed by atoms with Gasteiger partial charge in [0.1, 0.15) is 5.75 Å². The summed E-state index contributed by atoms with van der Waals surface area (Å²) < 4.78 is 8.49. The van der Waals surface area contributed by atoms with Crippen LogP contribution in [-0.4, -0.2) is 26.7 Å². The molecule has 31 heavy (non-hydrogen) atoms. The third kappa shape index (κ3) is 4.71. The van der Waals surface area contributed by atoms with Gasteiger partial charge in [-0.05, 0) is 36.4 Å². The lowest BCUT2D eigenvalue weighted by Gasteiger charge is -2.15. The Balaban J connectivity index is 1.70. The van der Waals surface area contributed by atoms with Crippen molar-refractivity contribution in [3.63, 3.8) is 0 Å². The van der Waals surface area contributed by atoms with Gasteiger partial charge in [0.05, 0.1) is 17.8 Å². The summed E-state index contributed by atoms with van der Waals surface area (Å²) in [6, 6.07) is 16.3. The van der Waals surface area contributed by atoms with E-state index in [-0.39, 0.29) is 11.4 Å². The molecule has 158 valence electrons. The van der Waals surface area contributed by atoms with E-state index in [0.29, 0.717) is 26.6 Å². The standard InChI is InChI=1S/C21H17Cl2N5O2S/c1-30-18-7-3-2-6-14(18)13-31-21-26-25-19(20(29)28(21)27-10-4-5-11-27)24-17-12-15(22)8-9-16(17)23/h2-12H,13H2,1H3,(H,24,25). The molecule has 0 aliphatic carbocycles. The highest BCUT2D eigenvalue weighted by Gasteiger charge is 2.16. The van der Waals surface area contributed by atoms with Gasteiger partial charge in [-0.3, -0.25) is 9.47 Å². The number of para-hydroxylation sites is 1. The maximum absolute atomic E-state index is 13.3. The lowest BCUT2D eigenvalue weighted by atomic mass is 10.2. The van der Waals surface area contributed by atoms with E-state index in [1.165, 1.54) is 16.4 Å². The van der Waals surface area contributed by atoms with Crippen molar-refractivity contribution in [1.82, 2.24) is 19.5 Å². The SMILES string of the molecule is COc1ccccc1CSc1nnc(Nc2cc(Cl)ccc2Cl)c(=O)n1-n1cccc1. The van der Waals surface area contributed by atoms with Crippen molar-refractivity contribution in [2.45, 2.75) is 10.9 Å². The molecular formula is C21H17Cl2N5O2S. The summed E-state index contributed by atoms with van der Waals surface area (Å²) in [4.78, 5) is 13.3. The molecule has 2 aromatic carbocycles. The summed E-state index contributed by atoms with van der Waals surface area (Å²) >= 11 is 13.6. The fourth-order valence-corrected chi connectivity index (χ4v) is 4.14. The van der Waals surface area contributed by atoms with E-state index in [9.17, 15) is 4.79 Å². The second kappa shape index (κ2) is 9.47. The van der Waals surface area contributed by atoms with Crippen molar-refractivity contribution >= 4 is 46.5 Å². The van der Waals surface area contributed by atoms with E-state index < -0.39 is 0 Å². The van der Waals surface area contributed by atoms with Gasteiger partial charge in [0, 0.05) is 28.7 Å². The maximum atomic E-state index is 13.3. The van der Waals surface area contributed by atoms with Gasteiger partial charge in [0.2, 0.25) is 11.0 Å². The summed E-state index contributed by atoms with van der Waals surface area (Å²) in [5.41, 5.74) is 1.06. The molecule has 10 heteroatoms. The molecular weight excluding hydrogens is 457 g/mol. The molecule has 0 unspecified atom stereocenters. The zero-order valence-corrected chi connectivity index (χ0v) is 18.7. The molecule has 4 aromatic rings. The highest BCUT2D eigenvalue weighted by molar-refractivity contribution is 7.98. The molecule has 0 radical (unpaired) electrons. The van der Waals surface area contributed by atoms with Crippen LogP contribution < -0.4 is 15.6 Å². The van der Waals surface area contributed by atoms with Crippen molar-refractivity contribution in [2.75, 3.05) is 12.4 Å². The van der Waals surface area contributed by atoms with Gasteiger partial charge < -0.3 is 10.1 Å². The number of nitrogens with one attached hydrogen (secondary N) is 1. The van der Waals surface area contributed by atoms with E-state index in [4.69, 9.17) is 27.9 Å². The van der Waals surface area contributed by atoms with Crippen LogP contribution in [0, 0.1) is 0 Å². The van der Waals surface area contributed by atoms with Gasteiger partial charge in [-0.1, -0.05) is 53.2 Å².